The van der Waals surface area contributed by atoms with Crippen LogP contribution in [0.25, 0.3) is 0 Å². The lowest BCUT2D eigenvalue weighted by molar-refractivity contribution is -0.120. The fourth-order valence-corrected chi connectivity index (χ4v) is 2.92. The molecule has 0 spiro atoms. The third kappa shape index (κ3) is 3.08. The smallest absolute Gasteiger partial charge is 0.231 e. The Hall–Kier alpha value is -1.41. The van der Waals surface area contributed by atoms with Crippen LogP contribution in [-0.4, -0.2) is 47.9 Å². The molecule has 18 heavy (non-hydrogen) atoms. The van der Waals surface area contributed by atoms with Crippen LogP contribution >= 0.6 is 0 Å². The number of anilines is 1. The SMILES string of the molecule is CS(=O)(=O)N1CCCC(C(=O)Nc2ncc[nH]2)C1. The number of piperidine rings is 1. The minimum Gasteiger partial charge on any atom is -0.331 e. The summed E-state index contributed by atoms with van der Waals surface area (Å²) < 4.78 is 24.2. The Kier molecular flexibility index (Phi) is 3.67. The highest BCUT2D eigenvalue weighted by Crippen LogP contribution is 2.19. The summed E-state index contributed by atoms with van der Waals surface area (Å²) in [7, 11) is -3.22. The van der Waals surface area contributed by atoms with Crippen LogP contribution in [0.15, 0.2) is 12.4 Å². The van der Waals surface area contributed by atoms with Gasteiger partial charge in [-0.15, -0.1) is 0 Å². The second-order valence-corrected chi connectivity index (χ2v) is 6.37. The zero-order valence-electron chi connectivity index (χ0n) is 10.1. The van der Waals surface area contributed by atoms with Gasteiger partial charge in [0.2, 0.25) is 21.9 Å². The van der Waals surface area contributed by atoms with Gasteiger partial charge in [-0.1, -0.05) is 0 Å². The molecule has 2 heterocycles. The van der Waals surface area contributed by atoms with E-state index in [0.717, 1.165) is 0 Å². The van der Waals surface area contributed by atoms with E-state index in [9.17, 15) is 13.2 Å². The van der Waals surface area contributed by atoms with Gasteiger partial charge < -0.3 is 4.98 Å². The molecule has 0 radical (unpaired) electrons. The Morgan fingerprint density at radius 3 is 3.00 bits per heavy atom. The van der Waals surface area contributed by atoms with Crippen molar-refractivity contribution in [2.75, 3.05) is 24.7 Å². The molecule has 7 nitrogen and oxygen atoms in total. The van der Waals surface area contributed by atoms with Gasteiger partial charge in [0, 0.05) is 25.5 Å². The van der Waals surface area contributed by atoms with Crippen LogP contribution in [-0.2, 0) is 14.8 Å². The Balaban J connectivity index is 1.98. The summed E-state index contributed by atoms with van der Waals surface area (Å²) in [5, 5.41) is 2.64. The molecule has 1 aliphatic heterocycles. The Bertz CT molecular complexity index is 511. The van der Waals surface area contributed by atoms with Crippen molar-refractivity contribution in [2.45, 2.75) is 12.8 Å². The number of hydrogen-bond donors (Lipinski definition) is 2. The van der Waals surface area contributed by atoms with E-state index in [1.54, 1.807) is 12.4 Å². The highest BCUT2D eigenvalue weighted by molar-refractivity contribution is 7.88. The quantitative estimate of drug-likeness (QED) is 0.811. The second-order valence-electron chi connectivity index (χ2n) is 4.39. The third-order valence-electron chi connectivity index (χ3n) is 2.96. The lowest BCUT2D eigenvalue weighted by Gasteiger charge is -2.29. The molecule has 0 aromatic carbocycles. The first-order valence-corrected chi connectivity index (χ1v) is 7.57. The van der Waals surface area contributed by atoms with Gasteiger partial charge in [0.15, 0.2) is 0 Å². The molecule has 0 aliphatic carbocycles. The minimum atomic E-state index is -3.22. The number of nitrogens with zero attached hydrogens (tertiary/aromatic N) is 2. The molecule has 1 unspecified atom stereocenters. The van der Waals surface area contributed by atoms with Gasteiger partial charge in [0.1, 0.15) is 0 Å². The molecule has 1 aliphatic rings. The topological polar surface area (TPSA) is 95.2 Å². The number of nitrogens with one attached hydrogen (secondary N) is 2. The number of H-pyrrole nitrogens is 1. The summed E-state index contributed by atoms with van der Waals surface area (Å²) in [5.74, 6) is -0.131. The molecule has 1 aromatic heterocycles. The van der Waals surface area contributed by atoms with E-state index in [1.807, 2.05) is 0 Å². The largest absolute Gasteiger partial charge is 0.331 e. The van der Waals surface area contributed by atoms with Crippen LogP contribution in [0.3, 0.4) is 0 Å². The predicted molar refractivity (Wildman–Crippen MR) is 66.4 cm³/mol. The van der Waals surface area contributed by atoms with Gasteiger partial charge >= 0.3 is 0 Å². The number of carbonyl (C=O) groups is 1. The summed E-state index contributed by atoms with van der Waals surface area (Å²) in [6.07, 6.45) is 5.71. The van der Waals surface area contributed by atoms with Crippen LogP contribution in [0.1, 0.15) is 12.8 Å². The average Bonchev–Trinajstić information content (AvgIpc) is 2.81. The third-order valence-corrected chi connectivity index (χ3v) is 4.23. The van der Waals surface area contributed by atoms with Crippen LogP contribution in [0.5, 0.6) is 0 Å². The number of aromatic nitrogens is 2. The van der Waals surface area contributed by atoms with Gasteiger partial charge in [-0.05, 0) is 12.8 Å². The lowest BCUT2D eigenvalue weighted by Crippen LogP contribution is -2.43. The van der Waals surface area contributed by atoms with E-state index in [0.29, 0.717) is 25.3 Å². The van der Waals surface area contributed by atoms with Crippen molar-refractivity contribution in [3.63, 3.8) is 0 Å². The van der Waals surface area contributed by atoms with Crippen LogP contribution in [0, 0.1) is 5.92 Å². The van der Waals surface area contributed by atoms with Crippen molar-refractivity contribution in [3.8, 4) is 0 Å². The maximum absolute atomic E-state index is 11.9. The van der Waals surface area contributed by atoms with Gasteiger partial charge in [0.25, 0.3) is 0 Å². The summed E-state index contributed by atoms with van der Waals surface area (Å²) in [5.41, 5.74) is 0. The predicted octanol–water partition coefficient (Wildman–Crippen LogP) is 0.0198. The normalized spacial score (nSPS) is 21.7. The maximum Gasteiger partial charge on any atom is 0.231 e. The number of carbonyl (C=O) groups excluding carboxylic acids is 1. The highest BCUT2D eigenvalue weighted by atomic mass is 32.2. The average molecular weight is 272 g/mol. The van der Waals surface area contributed by atoms with Crippen LogP contribution in [0.4, 0.5) is 5.95 Å². The molecule has 100 valence electrons. The molecule has 1 aromatic rings. The molecule has 2 rings (SSSR count). The minimum absolute atomic E-state index is 0.196. The Labute approximate surface area is 106 Å². The fourth-order valence-electron chi connectivity index (χ4n) is 2.01. The van der Waals surface area contributed by atoms with Gasteiger partial charge in [-0.3, -0.25) is 10.1 Å². The number of hydrogen-bond acceptors (Lipinski definition) is 4. The molecule has 0 bridgehead atoms. The first-order valence-electron chi connectivity index (χ1n) is 5.72. The van der Waals surface area contributed by atoms with E-state index in [2.05, 4.69) is 15.3 Å². The first-order chi connectivity index (χ1) is 8.47. The summed E-state index contributed by atoms with van der Waals surface area (Å²) >= 11 is 0. The van der Waals surface area contributed by atoms with Crippen molar-refractivity contribution in [1.29, 1.82) is 0 Å². The zero-order chi connectivity index (χ0) is 13.2. The molecule has 1 saturated heterocycles. The van der Waals surface area contributed by atoms with Gasteiger partial charge in [-0.2, -0.15) is 0 Å². The molecular formula is C10H16N4O3S. The van der Waals surface area contributed by atoms with Crippen LogP contribution in [0.2, 0.25) is 0 Å². The first kappa shape index (κ1) is 13.0. The van der Waals surface area contributed by atoms with Crippen molar-refractivity contribution >= 4 is 21.9 Å². The van der Waals surface area contributed by atoms with Crippen molar-refractivity contribution in [1.82, 2.24) is 14.3 Å². The molecule has 8 heteroatoms. The summed E-state index contributed by atoms with van der Waals surface area (Å²) in [4.78, 5) is 18.6. The molecule has 1 fully saturated rings. The molecular weight excluding hydrogens is 256 g/mol. The van der Waals surface area contributed by atoms with E-state index >= 15 is 0 Å². The number of imidazole rings is 1. The van der Waals surface area contributed by atoms with Gasteiger partial charge in [0.05, 0.1) is 12.2 Å². The molecule has 1 atom stereocenters. The molecule has 1 amide bonds. The van der Waals surface area contributed by atoms with Crippen molar-refractivity contribution in [2.24, 2.45) is 5.92 Å². The fraction of sp³-hybridized carbons (Fsp3) is 0.600. The van der Waals surface area contributed by atoms with E-state index in [-0.39, 0.29) is 18.4 Å². The summed E-state index contributed by atoms with van der Waals surface area (Å²) in [6.45, 7) is 0.731. The van der Waals surface area contributed by atoms with E-state index in [4.69, 9.17) is 0 Å². The van der Waals surface area contributed by atoms with E-state index in [1.165, 1.54) is 10.6 Å². The van der Waals surface area contributed by atoms with Gasteiger partial charge in [-0.25, -0.2) is 17.7 Å². The number of sulfonamides is 1. The Morgan fingerprint density at radius 2 is 2.39 bits per heavy atom. The second kappa shape index (κ2) is 5.07. The van der Waals surface area contributed by atoms with E-state index < -0.39 is 10.0 Å². The monoisotopic (exact) mass is 272 g/mol. The number of rotatable bonds is 3. The van der Waals surface area contributed by atoms with Crippen molar-refractivity contribution in [3.05, 3.63) is 12.4 Å². The maximum atomic E-state index is 11.9. The highest BCUT2D eigenvalue weighted by Gasteiger charge is 2.30. The van der Waals surface area contributed by atoms with Crippen molar-refractivity contribution < 1.29 is 13.2 Å². The number of aromatic amines is 1. The molecule has 2 N–H and O–H groups in total. The Morgan fingerprint density at radius 1 is 1.61 bits per heavy atom. The summed E-state index contributed by atoms with van der Waals surface area (Å²) in [6, 6.07) is 0. The number of amides is 1. The molecule has 0 saturated carbocycles. The standard InChI is InChI=1S/C10H16N4O3S/c1-18(16,17)14-6-2-3-8(7-14)9(15)13-10-11-4-5-12-10/h4-5,8H,2-3,6-7H2,1H3,(H2,11,12,13,15). The zero-order valence-corrected chi connectivity index (χ0v) is 10.9. The van der Waals surface area contributed by atoms with Crippen LogP contribution < -0.4 is 5.32 Å². The lowest BCUT2D eigenvalue weighted by atomic mass is 9.99.